The molecule has 0 aliphatic heterocycles. The molecule has 0 radical (unpaired) electrons. The third-order valence-corrected chi connectivity index (χ3v) is 2.28. The van der Waals surface area contributed by atoms with Crippen LogP contribution in [0.3, 0.4) is 0 Å². The molecule has 0 atom stereocenters. The van der Waals surface area contributed by atoms with Gasteiger partial charge in [-0.05, 0) is 6.07 Å². The van der Waals surface area contributed by atoms with Crippen LogP contribution >= 0.6 is 0 Å². The fourth-order valence-electron chi connectivity index (χ4n) is 1.40. The summed E-state index contributed by atoms with van der Waals surface area (Å²) in [5.74, 6) is -1.11. The van der Waals surface area contributed by atoms with Crippen molar-refractivity contribution in [2.45, 2.75) is 6.54 Å². The highest BCUT2D eigenvalue weighted by Crippen LogP contribution is 2.12. The van der Waals surface area contributed by atoms with E-state index in [4.69, 9.17) is 11.5 Å². The molecule has 1 amide bonds. The molecule has 1 heterocycles. The molecule has 88 valence electrons. The van der Waals surface area contributed by atoms with Gasteiger partial charge in [-0.2, -0.15) is 0 Å². The maximum atomic E-state index is 13.4. The molecule has 7 heteroatoms. The summed E-state index contributed by atoms with van der Waals surface area (Å²) in [6.07, 6.45) is 0. The predicted octanol–water partition coefficient (Wildman–Crippen LogP) is 0.147. The maximum Gasteiger partial charge on any atom is 0.273 e. The SMILES string of the molecule is NC(=O)c1nnn(Cc2ccccc2F)c1N. The fourth-order valence-corrected chi connectivity index (χ4v) is 1.40. The van der Waals surface area contributed by atoms with Gasteiger partial charge in [-0.1, -0.05) is 23.4 Å². The summed E-state index contributed by atoms with van der Waals surface area (Å²) in [6.45, 7) is 0.0960. The van der Waals surface area contributed by atoms with Crippen molar-refractivity contribution < 1.29 is 9.18 Å². The molecule has 0 unspecified atom stereocenters. The van der Waals surface area contributed by atoms with Gasteiger partial charge in [-0.25, -0.2) is 9.07 Å². The zero-order chi connectivity index (χ0) is 12.4. The molecule has 6 nitrogen and oxygen atoms in total. The zero-order valence-electron chi connectivity index (χ0n) is 8.80. The van der Waals surface area contributed by atoms with Gasteiger partial charge in [0, 0.05) is 5.56 Å². The van der Waals surface area contributed by atoms with Crippen molar-refractivity contribution in [1.29, 1.82) is 0 Å². The molecule has 0 saturated carbocycles. The number of nitrogen functional groups attached to an aromatic ring is 1. The third-order valence-electron chi connectivity index (χ3n) is 2.28. The van der Waals surface area contributed by atoms with E-state index in [1.807, 2.05) is 0 Å². The van der Waals surface area contributed by atoms with Crippen molar-refractivity contribution in [3.05, 3.63) is 41.3 Å². The second-order valence-electron chi connectivity index (χ2n) is 3.44. The summed E-state index contributed by atoms with van der Waals surface area (Å²) in [6, 6.07) is 6.21. The molecular formula is C10H10FN5O. The Labute approximate surface area is 96.0 Å². The van der Waals surface area contributed by atoms with Crippen molar-refractivity contribution in [1.82, 2.24) is 15.0 Å². The molecule has 0 fully saturated rings. The summed E-state index contributed by atoms with van der Waals surface area (Å²) >= 11 is 0. The van der Waals surface area contributed by atoms with Crippen LogP contribution in [-0.2, 0) is 6.54 Å². The topological polar surface area (TPSA) is 99.8 Å². The van der Waals surface area contributed by atoms with E-state index < -0.39 is 5.91 Å². The van der Waals surface area contributed by atoms with Gasteiger partial charge in [0.1, 0.15) is 5.82 Å². The summed E-state index contributed by atoms with van der Waals surface area (Å²) in [5.41, 5.74) is 11.0. The van der Waals surface area contributed by atoms with E-state index in [1.54, 1.807) is 18.2 Å². The lowest BCUT2D eigenvalue weighted by molar-refractivity contribution is 0.0996. The molecule has 0 bridgehead atoms. The average molecular weight is 235 g/mol. The number of hydrogen-bond acceptors (Lipinski definition) is 4. The molecule has 0 aliphatic carbocycles. The summed E-state index contributed by atoms with van der Waals surface area (Å²) in [5, 5.41) is 7.18. The number of nitrogens with zero attached hydrogens (tertiary/aromatic N) is 3. The minimum absolute atomic E-state index is 0.0285. The normalized spacial score (nSPS) is 10.4. The largest absolute Gasteiger partial charge is 0.382 e. The van der Waals surface area contributed by atoms with Crippen molar-refractivity contribution in [2.24, 2.45) is 5.73 Å². The Hall–Kier alpha value is -2.44. The van der Waals surface area contributed by atoms with Crippen LogP contribution in [0.5, 0.6) is 0 Å². The Morgan fingerprint density at radius 3 is 2.71 bits per heavy atom. The van der Waals surface area contributed by atoms with Crippen LogP contribution in [0.4, 0.5) is 10.2 Å². The van der Waals surface area contributed by atoms with E-state index in [0.29, 0.717) is 5.56 Å². The Balaban J connectivity index is 2.31. The second kappa shape index (κ2) is 4.20. The quantitative estimate of drug-likeness (QED) is 0.790. The van der Waals surface area contributed by atoms with Crippen LogP contribution in [-0.4, -0.2) is 20.9 Å². The summed E-state index contributed by atoms with van der Waals surface area (Å²) < 4.78 is 14.6. The lowest BCUT2D eigenvalue weighted by Crippen LogP contribution is -2.15. The number of hydrogen-bond donors (Lipinski definition) is 2. The number of nitrogens with two attached hydrogens (primary N) is 2. The minimum atomic E-state index is -0.762. The molecule has 1 aromatic carbocycles. The molecule has 2 aromatic rings. The van der Waals surface area contributed by atoms with Crippen LogP contribution in [0.2, 0.25) is 0 Å². The first-order valence-electron chi connectivity index (χ1n) is 4.81. The number of amides is 1. The van der Waals surface area contributed by atoms with E-state index in [2.05, 4.69) is 10.3 Å². The number of carbonyl (C=O) groups excluding carboxylic acids is 1. The first-order valence-corrected chi connectivity index (χ1v) is 4.81. The highest BCUT2D eigenvalue weighted by atomic mass is 19.1. The van der Waals surface area contributed by atoms with Crippen LogP contribution in [0.1, 0.15) is 16.1 Å². The Morgan fingerprint density at radius 2 is 2.12 bits per heavy atom. The molecule has 1 aromatic heterocycles. The molecule has 0 spiro atoms. The number of aromatic nitrogens is 3. The predicted molar refractivity (Wildman–Crippen MR) is 58.5 cm³/mol. The van der Waals surface area contributed by atoms with Crippen molar-refractivity contribution >= 4 is 11.7 Å². The first-order chi connectivity index (χ1) is 8.09. The van der Waals surface area contributed by atoms with Crippen LogP contribution in [0, 0.1) is 5.82 Å². The van der Waals surface area contributed by atoms with E-state index in [1.165, 1.54) is 10.7 Å². The van der Waals surface area contributed by atoms with Gasteiger partial charge in [0.05, 0.1) is 6.54 Å². The van der Waals surface area contributed by atoms with Gasteiger partial charge in [0.25, 0.3) is 5.91 Å². The van der Waals surface area contributed by atoms with Crippen LogP contribution in [0.15, 0.2) is 24.3 Å². The molecule has 2 rings (SSSR count). The highest BCUT2D eigenvalue weighted by molar-refractivity contribution is 5.94. The average Bonchev–Trinajstić information content (AvgIpc) is 2.64. The van der Waals surface area contributed by atoms with Gasteiger partial charge in [-0.15, -0.1) is 5.10 Å². The first kappa shape index (κ1) is 11.1. The van der Waals surface area contributed by atoms with Crippen molar-refractivity contribution in [3.8, 4) is 0 Å². The second-order valence-corrected chi connectivity index (χ2v) is 3.44. The smallest absolute Gasteiger partial charge is 0.273 e. The monoisotopic (exact) mass is 235 g/mol. The van der Waals surface area contributed by atoms with Crippen LogP contribution in [0.25, 0.3) is 0 Å². The lowest BCUT2D eigenvalue weighted by atomic mass is 10.2. The number of carbonyl (C=O) groups is 1. The molecule has 4 N–H and O–H groups in total. The van der Waals surface area contributed by atoms with Crippen molar-refractivity contribution in [3.63, 3.8) is 0 Å². The zero-order valence-corrected chi connectivity index (χ0v) is 8.80. The fraction of sp³-hybridized carbons (Fsp3) is 0.100. The number of rotatable bonds is 3. The minimum Gasteiger partial charge on any atom is -0.382 e. The summed E-state index contributed by atoms with van der Waals surface area (Å²) in [4.78, 5) is 10.9. The van der Waals surface area contributed by atoms with Gasteiger partial charge < -0.3 is 11.5 Å². The van der Waals surface area contributed by atoms with E-state index in [-0.39, 0.29) is 23.9 Å². The molecule has 0 saturated heterocycles. The van der Waals surface area contributed by atoms with Gasteiger partial charge >= 0.3 is 0 Å². The van der Waals surface area contributed by atoms with Gasteiger partial charge in [0.15, 0.2) is 11.5 Å². The number of benzene rings is 1. The lowest BCUT2D eigenvalue weighted by Gasteiger charge is -2.04. The Kier molecular flexibility index (Phi) is 2.73. The number of halogens is 1. The standard InChI is InChI=1S/C10H10FN5O/c11-7-4-2-1-3-6(7)5-16-9(12)8(10(13)17)14-15-16/h1-4H,5,12H2,(H2,13,17). The number of primary amides is 1. The third kappa shape index (κ3) is 2.07. The van der Waals surface area contributed by atoms with Crippen LogP contribution < -0.4 is 11.5 Å². The van der Waals surface area contributed by atoms with Crippen molar-refractivity contribution in [2.75, 3.05) is 5.73 Å². The van der Waals surface area contributed by atoms with Gasteiger partial charge in [0.2, 0.25) is 0 Å². The number of anilines is 1. The van der Waals surface area contributed by atoms with Gasteiger partial charge in [-0.3, -0.25) is 4.79 Å². The Bertz CT molecular complexity index is 566. The molecular weight excluding hydrogens is 225 g/mol. The summed E-state index contributed by atoms with van der Waals surface area (Å²) in [7, 11) is 0. The highest BCUT2D eigenvalue weighted by Gasteiger charge is 2.15. The van der Waals surface area contributed by atoms with E-state index >= 15 is 0 Å². The Morgan fingerprint density at radius 1 is 1.41 bits per heavy atom. The van der Waals surface area contributed by atoms with E-state index in [9.17, 15) is 9.18 Å². The molecule has 17 heavy (non-hydrogen) atoms. The molecule has 0 aliphatic rings. The van der Waals surface area contributed by atoms with E-state index in [0.717, 1.165) is 0 Å². The maximum absolute atomic E-state index is 13.4.